The van der Waals surface area contributed by atoms with E-state index in [0.717, 1.165) is 19.3 Å². The highest BCUT2D eigenvalue weighted by atomic mass is 16.5. The normalized spacial score (nSPS) is 13.8. The van der Waals surface area contributed by atoms with Gasteiger partial charge >= 0.3 is 23.9 Å². The fourth-order valence-corrected chi connectivity index (χ4v) is 6.50. The topological polar surface area (TPSA) is 162 Å². The molecule has 1 N–H and O–H groups in total. The van der Waals surface area contributed by atoms with E-state index < -0.39 is 30.0 Å². The lowest BCUT2D eigenvalue weighted by atomic mass is 10.0. The van der Waals surface area contributed by atoms with E-state index in [1.54, 1.807) is 24.3 Å². The van der Waals surface area contributed by atoms with Crippen LogP contribution in [0.4, 0.5) is 0 Å². The number of fused-ring (bicyclic) bond motifs is 2. The fourth-order valence-electron chi connectivity index (χ4n) is 6.50. The summed E-state index contributed by atoms with van der Waals surface area (Å²) in [5.41, 5.74) is 3.17. The number of rotatable bonds is 17. The van der Waals surface area contributed by atoms with Gasteiger partial charge in [-0.1, -0.05) is 0 Å². The molecule has 1 aliphatic heterocycles. The summed E-state index contributed by atoms with van der Waals surface area (Å²) in [5, 5.41) is 9.93. The van der Waals surface area contributed by atoms with Crippen molar-refractivity contribution in [1.82, 2.24) is 0 Å². The van der Waals surface area contributed by atoms with Crippen molar-refractivity contribution in [1.29, 1.82) is 0 Å². The van der Waals surface area contributed by atoms with Gasteiger partial charge in [-0.05, 0) is 98.2 Å². The Morgan fingerprint density at radius 1 is 0.604 bits per heavy atom. The van der Waals surface area contributed by atoms with Crippen LogP contribution in [0.3, 0.4) is 0 Å². The molecule has 0 amide bonds. The van der Waals surface area contributed by atoms with E-state index in [-0.39, 0.29) is 29.2 Å². The SMILES string of the molecule is COC(=O)c1c2ccc(O)ccc-2c(C(=O)OC)c1OCCCCOCCCCOc1ccc2c(C(=O)OC)c(C3CCCO3)c(C(=O)OC)c-2cc1. The van der Waals surface area contributed by atoms with Crippen LogP contribution >= 0.6 is 0 Å². The van der Waals surface area contributed by atoms with Crippen molar-refractivity contribution in [2.45, 2.75) is 44.6 Å². The lowest BCUT2D eigenvalue weighted by Gasteiger charge is -2.13. The smallest absolute Gasteiger partial charge is 0.342 e. The first-order valence-electron chi connectivity index (χ1n) is 17.4. The second-order valence-electron chi connectivity index (χ2n) is 12.2. The first-order chi connectivity index (χ1) is 25.7. The minimum atomic E-state index is -0.678. The monoisotopic (exact) mass is 732 g/mol. The molecule has 53 heavy (non-hydrogen) atoms. The van der Waals surface area contributed by atoms with Crippen molar-refractivity contribution in [3.05, 3.63) is 76.3 Å². The van der Waals surface area contributed by atoms with Gasteiger partial charge in [-0.25, -0.2) is 19.2 Å². The highest BCUT2D eigenvalue weighted by Crippen LogP contribution is 2.45. The summed E-state index contributed by atoms with van der Waals surface area (Å²) in [4.78, 5) is 51.4. The number of ether oxygens (including phenoxy) is 8. The number of esters is 4. The second kappa shape index (κ2) is 18.4. The molecular weight excluding hydrogens is 688 g/mol. The van der Waals surface area contributed by atoms with Crippen LogP contribution in [-0.2, 0) is 28.4 Å². The molecule has 4 aliphatic carbocycles. The van der Waals surface area contributed by atoms with E-state index in [9.17, 15) is 24.3 Å². The van der Waals surface area contributed by atoms with E-state index in [1.165, 1.54) is 52.7 Å². The maximum absolute atomic E-state index is 13.0. The zero-order valence-electron chi connectivity index (χ0n) is 30.3. The molecule has 1 unspecified atom stereocenters. The molecule has 0 aromatic rings. The van der Waals surface area contributed by atoms with Crippen molar-refractivity contribution >= 4 is 23.9 Å². The molecule has 1 heterocycles. The lowest BCUT2D eigenvalue weighted by Crippen LogP contribution is -2.11. The zero-order valence-corrected chi connectivity index (χ0v) is 30.3. The van der Waals surface area contributed by atoms with Crippen LogP contribution in [0.2, 0.25) is 0 Å². The first-order valence-corrected chi connectivity index (χ1v) is 17.4. The van der Waals surface area contributed by atoms with E-state index in [4.69, 9.17) is 37.9 Å². The van der Waals surface area contributed by atoms with Gasteiger partial charge in [-0.15, -0.1) is 0 Å². The summed E-state index contributed by atoms with van der Waals surface area (Å²) in [5.74, 6) is -1.85. The van der Waals surface area contributed by atoms with Crippen LogP contribution in [0.5, 0.6) is 17.2 Å². The molecule has 0 bridgehead atoms. The van der Waals surface area contributed by atoms with Gasteiger partial charge in [0.25, 0.3) is 0 Å². The maximum Gasteiger partial charge on any atom is 0.342 e. The second-order valence-corrected chi connectivity index (χ2v) is 12.2. The number of carbonyl (C=O) groups is 4. The van der Waals surface area contributed by atoms with E-state index >= 15 is 0 Å². The molecule has 0 aromatic heterocycles. The van der Waals surface area contributed by atoms with Crippen LogP contribution in [0, 0.1) is 0 Å². The Morgan fingerprint density at radius 3 is 1.51 bits per heavy atom. The Hall–Kier alpha value is -5.40. The molecule has 5 aliphatic rings. The number of carbonyl (C=O) groups excluding carboxylic acids is 4. The van der Waals surface area contributed by atoms with Crippen LogP contribution < -0.4 is 9.47 Å². The van der Waals surface area contributed by atoms with Gasteiger partial charge in [0, 0.05) is 36.5 Å². The first kappa shape index (κ1) is 38.8. The third-order valence-electron chi connectivity index (χ3n) is 9.01. The minimum Gasteiger partial charge on any atom is -0.508 e. The number of methoxy groups -OCH3 is 4. The average molecular weight is 733 g/mol. The van der Waals surface area contributed by atoms with Crippen LogP contribution in [0.25, 0.3) is 22.3 Å². The summed E-state index contributed by atoms with van der Waals surface area (Å²) in [6.45, 7) is 2.19. The van der Waals surface area contributed by atoms with Crippen molar-refractivity contribution in [3.63, 3.8) is 0 Å². The van der Waals surface area contributed by atoms with E-state index in [2.05, 4.69) is 0 Å². The molecule has 13 heteroatoms. The summed E-state index contributed by atoms with van der Waals surface area (Å²) in [7, 11) is 5.10. The predicted molar refractivity (Wildman–Crippen MR) is 191 cm³/mol. The highest BCUT2D eigenvalue weighted by molar-refractivity contribution is 6.13. The quantitative estimate of drug-likeness (QED) is 0.0700. The molecule has 282 valence electrons. The zero-order chi connectivity index (χ0) is 37.9. The largest absolute Gasteiger partial charge is 0.508 e. The molecular formula is C40H44O13. The fraction of sp³-hybridized carbons (Fsp3) is 0.400. The lowest BCUT2D eigenvalue weighted by molar-refractivity contribution is 0.0569. The Bertz CT molecular complexity index is 1750. The molecule has 5 rings (SSSR count). The number of unbranched alkanes of at least 4 members (excludes halogenated alkanes) is 2. The molecule has 1 saturated heterocycles. The third kappa shape index (κ3) is 8.64. The van der Waals surface area contributed by atoms with Gasteiger partial charge in [-0.3, -0.25) is 0 Å². The predicted octanol–water partition coefficient (Wildman–Crippen LogP) is 6.63. The molecule has 1 atom stereocenters. The molecule has 0 aromatic carbocycles. The van der Waals surface area contributed by atoms with Crippen LogP contribution in [0.15, 0.2) is 48.5 Å². The highest BCUT2D eigenvalue weighted by Gasteiger charge is 2.37. The summed E-state index contributed by atoms with van der Waals surface area (Å²) in [6, 6.07) is 12.9. The Labute approximate surface area is 307 Å². The number of hydrogen-bond acceptors (Lipinski definition) is 13. The minimum absolute atomic E-state index is 0.0370. The van der Waals surface area contributed by atoms with Crippen molar-refractivity contribution in [2.75, 3.05) is 61.5 Å². The van der Waals surface area contributed by atoms with Crippen LogP contribution in [0.1, 0.15) is 91.6 Å². The van der Waals surface area contributed by atoms with Crippen molar-refractivity contribution in [3.8, 4) is 39.5 Å². The molecule has 0 radical (unpaired) electrons. The maximum atomic E-state index is 13.0. The standard InChI is InChI=1S/C40H44O13/c1-46-37(42)31-26-17-13-25(14-18-27(26)32(38(43)47-2)35(31)30-10-9-23-52-30)51-21-7-5-19-50-20-6-8-22-53-36-33(39(44)48-3)28-15-11-24(41)12-16-29(28)34(36)40(45)49-4/h11-18,30,41H,5-10,19-23H2,1-4H3. The Kier molecular flexibility index (Phi) is 13.5. The summed E-state index contributed by atoms with van der Waals surface area (Å²) < 4.78 is 43.8. The van der Waals surface area contributed by atoms with E-state index in [1.807, 2.05) is 0 Å². The molecule has 13 nitrogen and oxygen atoms in total. The van der Waals surface area contributed by atoms with Gasteiger partial charge in [0.2, 0.25) is 0 Å². The third-order valence-corrected chi connectivity index (χ3v) is 9.01. The van der Waals surface area contributed by atoms with E-state index in [0.29, 0.717) is 90.4 Å². The Balaban J connectivity index is 1.11. The summed E-state index contributed by atoms with van der Waals surface area (Å²) >= 11 is 0. The Morgan fingerprint density at radius 2 is 1.04 bits per heavy atom. The molecule has 1 fully saturated rings. The van der Waals surface area contributed by atoms with Gasteiger partial charge in [0.15, 0.2) is 0 Å². The molecule has 0 spiro atoms. The van der Waals surface area contributed by atoms with Gasteiger partial charge < -0.3 is 43.0 Å². The number of aromatic hydroxyl groups is 1. The van der Waals surface area contributed by atoms with Crippen molar-refractivity contribution in [2.24, 2.45) is 0 Å². The summed E-state index contributed by atoms with van der Waals surface area (Å²) in [6.07, 6.45) is 3.84. The van der Waals surface area contributed by atoms with Crippen LogP contribution in [-0.4, -0.2) is 90.5 Å². The van der Waals surface area contributed by atoms with Crippen molar-refractivity contribution < 1.29 is 62.2 Å². The molecule has 0 saturated carbocycles. The van der Waals surface area contributed by atoms with Gasteiger partial charge in [0.05, 0.1) is 58.9 Å². The van der Waals surface area contributed by atoms with Gasteiger partial charge in [0.1, 0.15) is 28.4 Å². The number of hydrogen-bond donors (Lipinski definition) is 1. The average Bonchev–Trinajstić information content (AvgIpc) is 3.81. The van der Waals surface area contributed by atoms with Gasteiger partial charge in [-0.2, -0.15) is 0 Å².